The molecule has 4 aromatic carbocycles. The molecule has 3 fully saturated rings. The molecule has 62 heavy (non-hydrogen) atoms. The van der Waals surface area contributed by atoms with Gasteiger partial charge in [-0.2, -0.15) is 0 Å². The first kappa shape index (κ1) is 39.5. The highest BCUT2D eigenvalue weighted by Gasteiger charge is 2.35. The molecule has 0 spiro atoms. The molecule has 2 aromatic heterocycles. The van der Waals surface area contributed by atoms with Crippen molar-refractivity contribution < 1.29 is 5.11 Å². The van der Waals surface area contributed by atoms with Crippen molar-refractivity contribution in [3.63, 3.8) is 0 Å². The maximum Gasteiger partial charge on any atom is 0.162 e. The van der Waals surface area contributed by atoms with Crippen LogP contribution in [-0.4, -0.2) is 101 Å². The summed E-state index contributed by atoms with van der Waals surface area (Å²) in [5.41, 5.74) is 12.8. The molecule has 6 heterocycles. The topological polar surface area (TPSA) is 76.3 Å². The van der Waals surface area contributed by atoms with Gasteiger partial charge in [0.05, 0.1) is 5.71 Å². The van der Waals surface area contributed by atoms with Crippen LogP contribution in [0.2, 0.25) is 0 Å². The Labute approximate surface area is 370 Å². The van der Waals surface area contributed by atoms with E-state index in [0.29, 0.717) is 11.7 Å². The molecule has 10 heteroatoms. The molecule has 318 valence electrons. The number of aryl methyl sites for hydroxylation is 3. The molecule has 0 saturated carbocycles. The Morgan fingerprint density at radius 2 is 1.34 bits per heavy atom. The van der Waals surface area contributed by atoms with E-state index in [-0.39, 0.29) is 12.0 Å². The number of hydrogen-bond acceptors (Lipinski definition) is 9. The summed E-state index contributed by atoms with van der Waals surface area (Å²) in [5.74, 6) is 4.37. The summed E-state index contributed by atoms with van der Waals surface area (Å²) in [6.45, 7) is 20.2. The highest BCUT2D eigenvalue weighted by atomic mass is 32.1. The molecule has 0 unspecified atom stereocenters. The SMILES string of the molecule is Cc1sc2c(c1C)C(c1ccc(N3CC(CN4CCN(CC5CN(c6ccc([C@@H]7c8ccc(O)cc8CC[C@@H]7c7ccccc7)cc6)C5)CC4)C3)cc1)=N[C@@H](C)c1nnc(C)n1-2. The molecule has 3 saturated heterocycles. The second kappa shape index (κ2) is 16.1. The summed E-state index contributed by atoms with van der Waals surface area (Å²) >= 11 is 1.82. The second-order valence-corrected chi connectivity index (χ2v) is 20.0. The third kappa shape index (κ3) is 7.23. The third-order valence-corrected chi connectivity index (χ3v) is 15.9. The zero-order valence-corrected chi connectivity index (χ0v) is 37.4. The number of aromatic nitrogens is 3. The Bertz CT molecular complexity index is 2600. The second-order valence-electron chi connectivity index (χ2n) is 18.8. The van der Waals surface area contributed by atoms with Crippen molar-refractivity contribution in [1.82, 2.24) is 24.6 Å². The predicted octanol–water partition coefficient (Wildman–Crippen LogP) is 8.92. The van der Waals surface area contributed by atoms with Crippen LogP contribution in [0.25, 0.3) is 5.00 Å². The molecular formula is C52H58N8OS. The molecule has 5 aliphatic rings. The number of aliphatic imine (C=N–C) groups is 1. The van der Waals surface area contributed by atoms with Crippen LogP contribution < -0.4 is 9.80 Å². The maximum atomic E-state index is 10.2. The van der Waals surface area contributed by atoms with Gasteiger partial charge in [0, 0.05) is 111 Å². The molecule has 0 amide bonds. The van der Waals surface area contributed by atoms with Gasteiger partial charge in [-0.1, -0.05) is 60.7 Å². The van der Waals surface area contributed by atoms with E-state index in [4.69, 9.17) is 4.99 Å². The van der Waals surface area contributed by atoms with E-state index in [0.717, 1.165) is 68.2 Å². The largest absolute Gasteiger partial charge is 0.508 e. The zero-order valence-electron chi connectivity index (χ0n) is 36.5. The van der Waals surface area contributed by atoms with E-state index < -0.39 is 0 Å². The van der Waals surface area contributed by atoms with Crippen molar-refractivity contribution in [2.75, 3.05) is 75.2 Å². The third-order valence-electron chi connectivity index (χ3n) is 14.7. The highest BCUT2D eigenvalue weighted by molar-refractivity contribution is 7.15. The first-order valence-corrected chi connectivity index (χ1v) is 23.7. The Kier molecular flexibility index (Phi) is 10.3. The van der Waals surface area contributed by atoms with Gasteiger partial charge in [0.15, 0.2) is 5.82 Å². The van der Waals surface area contributed by atoms with Gasteiger partial charge in [-0.05, 0) is 111 Å². The lowest BCUT2D eigenvalue weighted by atomic mass is 9.69. The standard InChI is InChI=1S/C52H58N8OS/c1-33-35(3)62-52-48(33)50(53-34(2)51-55-54-36(4)60(51)52)41-12-17-44(18-13-41)59-31-38(32-59)28-57-24-22-56(23-25-57)27-37-29-58(30-37)43-15-10-40(11-16-43)49-46(39-8-6-5-7-9-39)20-14-42-26-45(61)19-21-47(42)49/h5-13,15-19,21,26,34,37-38,46,49,61H,14,20,22-25,27-32H2,1-4H3/t34-,46+,49-/m0/s1. The first-order valence-electron chi connectivity index (χ1n) is 22.9. The number of aromatic hydroxyl groups is 1. The summed E-state index contributed by atoms with van der Waals surface area (Å²) in [6, 6.07) is 35.5. The number of phenolic OH excluding ortho intramolecular Hbond substituents is 1. The van der Waals surface area contributed by atoms with Gasteiger partial charge in [0.1, 0.15) is 22.6 Å². The maximum absolute atomic E-state index is 10.2. The lowest BCUT2D eigenvalue weighted by Gasteiger charge is -2.46. The summed E-state index contributed by atoms with van der Waals surface area (Å²) in [7, 11) is 0. The fraction of sp³-hybridized carbons (Fsp3) is 0.404. The Morgan fingerprint density at radius 3 is 1.98 bits per heavy atom. The summed E-state index contributed by atoms with van der Waals surface area (Å²) in [5, 5.41) is 20.4. The van der Waals surface area contributed by atoms with E-state index in [1.165, 1.54) is 99.5 Å². The highest BCUT2D eigenvalue weighted by Crippen LogP contribution is 2.47. The van der Waals surface area contributed by atoms with Crippen LogP contribution in [0.1, 0.15) is 86.7 Å². The minimum atomic E-state index is -0.0687. The first-order chi connectivity index (χ1) is 30.2. The summed E-state index contributed by atoms with van der Waals surface area (Å²) in [6.07, 6.45) is 2.09. The van der Waals surface area contributed by atoms with Gasteiger partial charge < -0.3 is 24.7 Å². The zero-order chi connectivity index (χ0) is 42.1. The van der Waals surface area contributed by atoms with Crippen LogP contribution >= 0.6 is 11.3 Å². The number of fused-ring (bicyclic) bond motifs is 4. The van der Waals surface area contributed by atoms with Crippen molar-refractivity contribution in [3.8, 4) is 10.8 Å². The molecule has 11 rings (SSSR count). The summed E-state index contributed by atoms with van der Waals surface area (Å²) in [4.78, 5) is 17.1. The molecule has 6 aromatic rings. The Hall–Kier alpha value is -5.29. The van der Waals surface area contributed by atoms with Crippen molar-refractivity contribution >= 4 is 28.4 Å². The fourth-order valence-corrected chi connectivity index (χ4v) is 12.4. The minimum Gasteiger partial charge on any atom is -0.508 e. The van der Waals surface area contributed by atoms with Gasteiger partial charge in [0.2, 0.25) is 0 Å². The van der Waals surface area contributed by atoms with Crippen molar-refractivity contribution in [2.45, 2.75) is 58.4 Å². The number of piperazine rings is 1. The fourth-order valence-electron chi connectivity index (χ4n) is 11.2. The van der Waals surface area contributed by atoms with Gasteiger partial charge in [0.25, 0.3) is 0 Å². The average molecular weight is 843 g/mol. The van der Waals surface area contributed by atoms with Crippen LogP contribution in [0, 0.1) is 32.6 Å². The molecule has 0 radical (unpaired) electrons. The van der Waals surface area contributed by atoms with E-state index in [1.807, 2.05) is 30.4 Å². The molecule has 0 bridgehead atoms. The average Bonchev–Trinajstić information content (AvgIpc) is 3.75. The quantitative estimate of drug-likeness (QED) is 0.156. The van der Waals surface area contributed by atoms with E-state index in [9.17, 15) is 5.11 Å². The number of anilines is 2. The van der Waals surface area contributed by atoms with Crippen LogP contribution in [-0.2, 0) is 6.42 Å². The number of rotatable bonds is 9. The molecule has 3 atom stereocenters. The lowest BCUT2D eigenvalue weighted by molar-refractivity contribution is 0.0961. The Balaban J connectivity index is 0.647. The van der Waals surface area contributed by atoms with Crippen LogP contribution in [0.3, 0.4) is 0 Å². The van der Waals surface area contributed by atoms with Crippen molar-refractivity contribution in [1.29, 1.82) is 0 Å². The van der Waals surface area contributed by atoms with E-state index >= 15 is 0 Å². The molecule has 1 N–H and O–H groups in total. The molecule has 1 aliphatic carbocycles. The smallest absolute Gasteiger partial charge is 0.162 e. The molecule has 4 aliphatic heterocycles. The van der Waals surface area contributed by atoms with Gasteiger partial charge >= 0.3 is 0 Å². The predicted molar refractivity (Wildman–Crippen MR) is 252 cm³/mol. The van der Waals surface area contributed by atoms with Gasteiger partial charge in [-0.25, -0.2) is 0 Å². The van der Waals surface area contributed by atoms with Gasteiger partial charge in [-0.3, -0.25) is 9.56 Å². The van der Waals surface area contributed by atoms with Crippen molar-refractivity contribution in [3.05, 3.63) is 153 Å². The van der Waals surface area contributed by atoms with Crippen LogP contribution in [0.5, 0.6) is 5.75 Å². The van der Waals surface area contributed by atoms with E-state index in [2.05, 4.69) is 140 Å². The van der Waals surface area contributed by atoms with Crippen molar-refractivity contribution in [2.24, 2.45) is 16.8 Å². The minimum absolute atomic E-state index is 0.0687. The van der Waals surface area contributed by atoms with Crippen LogP contribution in [0.4, 0.5) is 11.4 Å². The number of hydrogen-bond donors (Lipinski definition) is 1. The summed E-state index contributed by atoms with van der Waals surface area (Å²) < 4.78 is 2.21. The molecular weight excluding hydrogens is 785 g/mol. The molecule has 9 nitrogen and oxygen atoms in total. The number of benzene rings is 4. The number of nitrogens with zero attached hydrogens (tertiary/aromatic N) is 8. The monoisotopic (exact) mass is 842 g/mol. The lowest BCUT2D eigenvalue weighted by Crippen LogP contribution is -2.57. The van der Waals surface area contributed by atoms with Crippen LogP contribution in [0.15, 0.2) is 102 Å². The van der Waals surface area contributed by atoms with Gasteiger partial charge in [-0.15, -0.1) is 21.5 Å². The normalized spacial score (nSPS) is 22.0. The number of thiophene rings is 1. The van der Waals surface area contributed by atoms with E-state index in [1.54, 1.807) is 0 Å². The number of phenols is 1. The Morgan fingerprint density at radius 1 is 0.710 bits per heavy atom.